The molecule has 0 saturated carbocycles. The Morgan fingerprint density at radius 2 is 1.41 bits per heavy atom. The minimum absolute atomic E-state index is 0.0589. The van der Waals surface area contributed by atoms with Crippen molar-refractivity contribution in [3.05, 3.63) is 106 Å². The number of amides is 1. The molecule has 0 aliphatic carbocycles. The number of hydrogen-bond acceptors (Lipinski definition) is 1. The predicted molar refractivity (Wildman–Crippen MR) is 121 cm³/mol. The third-order valence-corrected chi connectivity index (χ3v) is 5.51. The molecule has 0 spiro atoms. The number of carbonyl (C=O) groups is 1. The number of benzene rings is 3. The zero-order chi connectivity index (χ0) is 25.1. The molecule has 7 heteroatoms. The van der Waals surface area contributed by atoms with Crippen molar-refractivity contribution < 1.29 is 26.7 Å². The average Bonchev–Trinajstić information content (AvgIpc) is 2.75. The first-order valence-corrected chi connectivity index (χ1v) is 10.8. The van der Waals surface area contributed by atoms with Crippen LogP contribution in [0.3, 0.4) is 0 Å². The van der Waals surface area contributed by atoms with Crippen LogP contribution < -0.4 is 0 Å². The van der Waals surface area contributed by atoms with Crippen LogP contribution >= 0.6 is 0 Å². The molecule has 1 amide bonds. The Morgan fingerprint density at radius 3 is 1.97 bits per heavy atom. The quantitative estimate of drug-likeness (QED) is 0.346. The van der Waals surface area contributed by atoms with Gasteiger partial charge in [0, 0.05) is 24.7 Å². The molecule has 0 unspecified atom stereocenters. The van der Waals surface area contributed by atoms with Crippen molar-refractivity contribution >= 4 is 5.91 Å². The molecule has 0 fully saturated rings. The van der Waals surface area contributed by atoms with Gasteiger partial charge in [-0.3, -0.25) is 4.79 Å². The molecule has 0 atom stereocenters. The van der Waals surface area contributed by atoms with E-state index in [0.29, 0.717) is 11.6 Å². The summed E-state index contributed by atoms with van der Waals surface area (Å²) in [5.41, 5.74) is 1.31. The Balaban J connectivity index is 1.86. The van der Waals surface area contributed by atoms with Gasteiger partial charge in [0.15, 0.2) is 0 Å². The first-order valence-electron chi connectivity index (χ1n) is 10.8. The van der Waals surface area contributed by atoms with E-state index in [1.807, 2.05) is 24.3 Å². The second-order valence-electron chi connectivity index (χ2n) is 9.28. The lowest BCUT2D eigenvalue weighted by Crippen LogP contribution is -2.32. The average molecular weight is 476 g/mol. The van der Waals surface area contributed by atoms with Gasteiger partial charge in [-0.05, 0) is 46.7 Å². The fourth-order valence-electron chi connectivity index (χ4n) is 3.61. The molecule has 0 N–H and O–H groups in total. The Hall–Kier alpha value is -3.22. The molecule has 0 bridgehead atoms. The molecule has 3 aromatic rings. The smallest absolute Gasteiger partial charge is 0.334 e. The van der Waals surface area contributed by atoms with E-state index in [4.69, 9.17) is 0 Å². The van der Waals surface area contributed by atoms with Crippen LogP contribution in [0.1, 0.15) is 53.4 Å². The maximum absolute atomic E-state index is 13.7. The first kappa shape index (κ1) is 25.4. The highest BCUT2D eigenvalue weighted by Crippen LogP contribution is 2.30. The fraction of sp³-hybridized carbons (Fsp3) is 0.296. The van der Waals surface area contributed by atoms with Gasteiger partial charge in [-0.15, -0.1) is 0 Å². The standard InChI is InChI=1S/C27H26F5NO/c1-26(2,3)21-9-7-19(8-10-21)17-33(25(34)20-14-23(28)16-24(29)15-20)12-11-18-5-4-6-22(13-18)27(30,31)32/h4-10,13-16H,11-12,17H2,1-3H3. The van der Waals surface area contributed by atoms with Crippen molar-refractivity contribution in [2.24, 2.45) is 0 Å². The van der Waals surface area contributed by atoms with Crippen molar-refractivity contribution in [1.82, 2.24) is 4.90 Å². The van der Waals surface area contributed by atoms with Crippen molar-refractivity contribution in [2.75, 3.05) is 6.54 Å². The van der Waals surface area contributed by atoms with E-state index in [9.17, 15) is 26.7 Å². The molecule has 0 aliphatic rings. The SMILES string of the molecule is CC(C)(C)c1ccc(CN(CCc2cccc(C(F)(F)F)c2)C(=O)c2cc(F)cc(F)c2)cc1. The molecule has 180 valence electrons. The number of carbonyl (C=O) groups excluding carboxylic acids is 1. The van der Waals surface area contributed by atoms with E-state index in [1.54, 1.807) is 6.07 Å². The summed E-state index contributed by atoms with van der Waals surface area (Å²) in [5.74, 6) is -2.36. The van der Waals surface area contributed by atoms with E-state index in [0.717, 1.165) is 35.4 Å². The molecular weight excluding hydrogens is 449 g/mol. The molecule has 0 radical (unpaired) electrons. The van der Waals surface area contributed by atoms with Gasteiger partial charge in [0.2, 0.25) is 0 Å². The van der Waals surface area contributed by atoms with Gasteiger partial charge in [-0.2, -0.15) is 13.2 Å². The van der Waals surface area contributed by atoms with E-state index < -0.39 is 29.3 Å². The lowest BCUT2D eigenvalue weighted by atomic mass is 9.87. The van der Waals surface area contributed by atoms with Gasteiger partial charge in [0.1, 0.15) is 11.6 Å². The van der Waals surface area contributed by atoms with Crippen molar-refractivity contribution in [3.63, 3.8) is 0 Å². The summed E-state index contributed by atoms with van der Waals surface area (Å²) in [6, 6.07) is 15.1. The van der Waals surface area contributed by atoms with Crippen LogP contribution in [0.2, 0.25) is 0 Å². The predicted octanol–water partition coefficient (Wildman–Crippen LogP) is 7.17. The molecule has 0 saturated heterocycles. The third kappa shape index (κ3) is 6.65. The van der Waals surface area contributed by atoms with Crippen molar-refractivity contribution in [2.45, 2.75) is 45.3 Å². The van der Waals surface area contributed by atoms with Crippen molar-refractivity contribution in [3.8, 4) is 0 Å². The van der Waals surface area contributed by atoms with Crippen LogP contribution in [0.15, 0.2) is 66.7 Å². The second kappa shape index (κ2) is 9.95. The van der Waals surface area contributed by atoms with E-state index in [2.05, 4.69) is 20.8 Å². The highest BCUT2D eigenvalue weighted by molar-refractivity contribution is 5.94. The highest BCUT2D eigenvalue weighted by atomic mass is 19.4. The van der Waals surface area contributed by atoms with Gasteiger partial charge in [0.05, 0.1) is 5.56 Å². The summed E-state index contributed by atoms with van der Waals surface area (Å²) in [4.78, 5) is 14.5. The largest absolute Gasteiger partial charge is 0.416 e. The summed E-state index contributed by atoms with van der Waals surface area (Å²) < 4.78 is 66.6. The van der Waals surface area contributed by atoms with Gasteiger partial charge in [0.25, 0.3) is 5.91 Å². The Labute approximate surface area is 196 Å². The third-order valence-electron chi connectivity index (χ3n) is 5.51. The topological polar surface area (TPSA) is 20.3 Å². The zero-order valence-corrected chi connectivity index (χ0v) is 19.2. The summed E-state index contributed by atoms with van der Waals surface area (Å²) in [7, 11) is 0. The molecule has 0 aliphatic heterocycles. The Bertz CT molecular complexity index is 1130. The van der Waals surface area contributed by atoms with E-state index in [1.165, 1.54) is 11.0 Å². The highest BCUT2D eigenvalue weighted by Gasteiger charge is 2.30. The zero-order valence-electron chi connectivity index (χ0n) is 19.2. The van der Waals surface area contributed by atoms with Crippen LogP contribution in [0.4, 0.5) is 22.0 Å². The lowest BCUT2D eigenvalue weighted by molar-refractivity contribution is -0.137. The summed E-state index contributed by atoms with van der Waals surface area (Å²) in [6.07, 6.45) is -4.33. The van der Waals surface area contributed by atoms with Crippen LogP contribution in [0.5, 0.6) is 0 Å². The summed E-state index contributed by atoms with van der Waals surface area (Å²) in [6.45, 7) is 6.43. The molecule has 0 aromatic heterocycles. The van der Waals surface area contributed by atoms with Crippen LogP contribution in [0.25, 0.3) is 0 Å². The molecule has 0 heterocycles. The van der Waals surface area contributed by atoms with Crippen molar-refractivity contribution in [1.29, 1.82) is 0 Å². The van der Waals surface area contributed by atoms with E-state index >= 15 is 0 Å². The lowest BCUT2D eigenvalue weighted by Gasteiger charge is -2.24. The Morgan fingerprint density at radius 1 is 0.794 bits per heavy atom. The van der Waals surface area contributed by atoms with Crippen LogP contribution in [-0.2, 0) is 24.6 Å². The molecule has 3 rings (SSSR count). The summed E-state index contributed by atoms with van der Waals surface area (Å²) >= 11 is 0. The van der Waals surface area contributed by atoms with Crippen LogP contribution in [-0.4, -0.2) is 17.4 Å². The maximum atomic E-state index is 13.7. The van der Waals surface area contributed by atoms with E-state index in [-0.39, 0.29) is 30.5 Å². The monoisotopic (exact) mass is 475 g/mol. The maximum Gasteiger partial charge on any atom is 0.416 e. The molecule has 34 heavy (non-hydrogen) atoms. The normalized spacial score (nSPS) is 12.0. The van der Waals surface area contributed by atoms with Gasteiger partial charge >= 0.3 is 6.18 Å². The van der Waals surface area contributed by atoms with Gasteiger partial charge in [-0.25, -0.2) is 8.78 Å². The number of hydrogen-bond donors (Lipinski definition) is 0. The van der Waals surface area contributed by atoms with Crippen LogP contribution in [0, 0.1) is 11.6 Å². The molecule has 2 nitrogen and oxygen atoms in total. The Kier molecular flexibility index (Phi) is 7.44. The van der Waals surface area contributed by atoms with Gasteiger partial charge in [-0.1, -0.05) is 63.2 Å². The number of nitrogens with zero attached hydrogens (tertiary/aromatic N) is 1. The second-order valence-corrected chi connectivity index (χ2v) is 9.28. The number of halogens is 5. The number of rotatable bonds is 6. The molecule has 3 aromatic carbocycles. The first-order chi connectivity index (χ1) is 15.8. The fourth-order valence-corrected chi connectivity index (χ4v) is 3.61. The van der Waals surface area contributed by atoms with Gasteiger partial charge < -0.3 is 4.90 Å². The minimum atomic E-state index is -4.47. The molecular formula is C27H26F5NO. The minimum Gasteiger partial charge on any atom is -0.334 e. The summed E-state index contributed by atoms with van der Waals surface area (Å²) in [5, 5.41) is 0. The number of alkyl halides is 3.